The average Bonchev–Trinajstić information content (AvgIpc) is 3.62. The van der Waals surface area contributed by atoms with E-state index in [-0.39, 0.29) is 14.5 Å². The minimum atomic E-state index is 0.279. The van der Waals surface area contributed by atoms with Gasteiger partial charge in [-0.05, 0) is 0 Å². The monoisotopic (exact) mass is 614 g/mol. The molecule has 7 aromatic carbocycles. The Hall–Kier alpha value is -5.08. The van der Waals surface area contributed by atoms with E-state index in [4.69, 9.17) is 0 Å². The predicted molar refractivity (Wildman–Crippen MR) is 185 cm³/mol. The van der Waals surface area contributed by atoms with E-state index in [9.17, 15) is 0 Å². The summed E-state index contributed by atoms with van der Waals surface area (Å²) in [6, 6.07) is 57.5. The molecule has 0 aliphatic carbocycles. The molecule has 3 heteroatoms. The van der Waals surface area contributed by atoms with E-state index in [2.05, 4.69) is 167 Å². The number of anilines is 3. The van der Waals surface area contributed by atoms with Gasteiger partial charge >= 0.3 is 256 Å². The summed E-state index contributed by atoms with van der Waals surface area (Å²) in [6.45, 7) is 0. The number of fused-ring (bicyclic) bond motifs is 8. The first-order valence-electron chi connectivity index (χ1n) is 14.6. The van der Waals surface area contributed by atoms with Crippen molar-refractivity contribution in [2.24, 2.45) is 0 Å². The van der Waals surface area contributed by atoms with Crippen LogP contribution in [0.1, 0.15) is 0 Å². The maximum absolute atomic E-state index is 2.44. The van der Waals surface area contributed by atoms with Crippen LogP contribution >= 0.6 is 0 Å². The molecule has 0 fully saturated rings. The van der Waals surface area contributed by atoms with Gasteiger partial charge in [0.1, 0.15) is 0 Å². The fourth-order valence-electron chi connectivity index (χ4n) is 6.66. The van der Waals surface area contributed by atoms with Crippen molar-refractivity contribution in [3.05, 3.63) is 158 Å². The van der Waals surface area contributed by atoms with Crippen molar-refractivity contribution in [2.45, 2.75) is 0 Å². The number of rotatable bonds is 4. The summed E-state index contributed by atoms with van der Waals surface area (Å²) >= 11 is 0.279. The SMILES string of the molecule is c1ccc(N(c2ccc3[se]c4c5ccccc5ccc4c3c2)c2cccc3c4ccccc4n(-c4ccccc4)c23)cc1. The van der Waals surface area contributed by atoms with E-state index < -0.39 is 0 Å². The van der Waals surface area contributed by atoms with Gasteiger partial charge in [-0.15, -0.1) is 0 Å². The quantitative estimate of drug-likeness (QED) is 0.179. The van der Waals surface area contributed by atoms with Crippen LogP contribution in [0.3, 0.4) is 0 Å². The standard InChI is InChI=1S/C40H26N2Se/c1-3-13-28(14-4-1)41(30-23-25-38-35(26-30)34-24-22-27-12-7-8-17-31(27)40(34)43-38)37-21-11-19-33-32-18-9-10-20-36(32)42(39(33)37)29-15-5-2-6-16-29/h1-26H. The Kier molecular flexibility index (Phi) is 5.55. The Morgan fingerprint density at radius 3 is 2.05 bits per heavy atom. The van der Waals surface area contributed by atoms with Crippen LogP contribution in [0.4, 0.5) is 17.1 Å². The van der Waals surface area contributed by atoms with Crippen molar-refractivity contribution in [1.82, 2.24) is 4.57 Å². The zero-order valence-electron chi connectivity index (χ0n) is 23.3. The van der Waals surface area contributed by atoms with E-state index in [0.717, 1.165) is 17.1 Å². The first kappa shape index (κ1) is 24.5. The van der Waals surface area contributed by atoms with Gasteiger partial charge < -0.3 is 0 Å². The van der Waals surface area contributed by atoms with Gasteiger partial charge in [0.25, 0.3) is 0 Å². The van der Waals surface area contributed by atoms with E-state index >= 15 is 0 Å². The van der Waals surface area contributed by atoms with Gasteiger partial charge in [0.05, 0.1) is 0 Å². The second-order valence-electron chi connectivity index (χ2n) is 11.0. The molecule has 0 unspecified atom stereocenters. The average molecular weight is 614 g/mol. The molecular weight excluding hydrogens is 587 g/mol. The molecule has 0 N–H and O–H groups in total. The summed E-state index contributed by atoms with van der Waals surface area (Å²) in [7, 11) is 0. The van der Waals surface area contributed by atoms with Gasteiger partial charge in [0.15, 0.2) is 0 Å². The third kappa shape index (κ3) is 3.79. The molecule has 0 radical (unpaired) electrons. The Bertz CT molecular complexity index is 2450. The molecule has 0 spiro atoms. The molecule has 43 heavy (non-hydrogen) atoms. The zero-order chi connectivity index (χ0) is 28.3. The molecule has 0 atom stereocenters. The normalized spacial score (nSPS) is 11.7. The fraction of sp³-hybridized carbons (Fsp3) is 0. The Balaban J connectivity index is 1.36. The van der Waals surface area contributed by atoms with Crippen LogP contribution in [0.15, 0.2) is 158 Å². The zero-order valence-corrected chi connectivity index (χ0v) is 25.0. The molecule has 202 valence electrons. The van der Waals surface area contributed by atoms with Crippen LogP contribution in [0.2, 0.25) is 0 Å². The van der Waals surface area contributed by atoms with Crippen molar-refractivity contribution in [1.29, 1.82) is 0 Å². The molecule has 2 aromatic heterocycles. The summed E-state index contributed by atoms with van der Waals surface area (Å²) in [5.41, 5.74) is 7.04. The second-order valence-corrected chi connectivity index (χ2v) is 13.2. The van der Waals surface area contributed by atoms with Crippen LogP contribution in [0, 0.1) is 0 Å². The summed E-state index contributed by atoms with van der Waals surface area (Å²) in [6.07, 6.45) is 0. The number of nitrogens with zero attached hydrogens (tertiary/aromatic N) is 2. The summed E-state index contributed by atoms with van der Waals surface area (Å²) < 4.78 is 5.37. The van der Waals surface area contributed by atoms with Crippen molar-refractivity contribution < 1.29 is 0 Å². The van der Waals surface area contributed by atoms with E-state index in [1.807, 2.05) is 0 Å². The molecule has 0 amide bonds. The van der Waals surface area contributed by atoms with Crippen LogP contribution < -0.4 is 4.90 Å². The molecule has 2 heterocycles. The Labute approximate surface area is 255 Å². The molecule has 0 aliphatic rings. The van der Waals surface area contributed by atoms with Crippen molar-refractivity contribution in [3.63, 3.8) is 0 Å². The van der Waals surface area contributed by atoms with E-state index in [1.54, 1.807) is 0 Å². The first-order chi connectivity index (χ1) is 21.3. The number of aromatic nitrogens is 1. The molecule has 0 saturated heterocycles. The molecule has 0 bridgehead atoms. The summed E-state index contributed by atoms with van der Waals surface area (Å²) in [5, 5.41) is 7.94. The Morgan fingerprint density at radius 2 is 1.19 bits per heavy atom. The predicted octanol–water partition coefficient (Wildman–Crippen LogP) is 10.8. The van der Waals surface area contributed by atoms with Crippen LogP contribution in [0.25, 0.3) is 57.6 Å². The summed E-state index contributed by atoms with van der Waals surface area (Å²) in [5.74, 6) is 0. The number of hydrogen-bond acceptors (Lipinski definition) is 1. The van der Waals surface area contributed by atoms with Crippen molar-refractivity contribution in [3.8, 4) is 5.69 Å². The van der Waals surface area contributed by atoms with E-state index in [0.29, 0.717) is 0 Å². The molecule has 0 aliphatic heterocycles. The topological polar surface area (TPSA) is 8.17 Å². The third-order valence-electron chi connectivity index (χ3n) is 8.55. The number of hydrogen-bond donors (Lipinski definition) is 0. The fourth-order valence-corrected chi connectivity index (χ4v) is 9.22. The van der Waals surface area contributed by atoms with Crippen LogP contribution in [-0.2, 0) is 0 Å². The third-order valence-corrected chi connectivity index (χ3v) is 11.1. The van der Waals surface area contributed by atoms with Crippen LogP contribution in [0.5, 0.6) is 0 Å². The molecular formula is C40H26N2Se. The van der Waals surface area contributed by atoms with Gasteiger partial charge in [-0.25, -0.2) is 0 Å². The number of para-hydroxylation sites is 4. The van der Waals surface area contributed by atoms with Crippen LogP contribution in [-0.4, -0.2) is 19.1 Å². The van der Waals surface area contributed by atoms with Gasteiger partial charge in [-0.3, -0.25) is 0 Å². The maximum atomic E-state index is 2.44. The minimum absolute atomic E-state index is 0.279. The molecule has 0 saturated carbocycles. The molecule has 9 rings (SSSR count). The van der Waals surface area contributed by atoms with Gasteiger partial charge in [-0.1, -0.05) is 0 Å². The second kappa shape index (κ2) is 9.74. The van der Waals surface area contributed by atoms with E-state index in [1.165, 1.54) is 57.6 Å². The Morgan fingerprint density at radius 1 is 0.465 bits per heavy atom. The first-order valence-corrected chi connectivity index (χ1v) is 16.3. The molecule has 9 aromatic rings. The van der Waals surface area contributed by atoms with Crippen molar-refractivity contribution in [2.75, 3.05) is 4.90 Å². The van der Waals surface area contributed by atoms with Gasteiger partial charge in [0, 0.05) is 0 Å². The van der Waals surface area contributed by atoms with Crippen molar-refractivity contribution >= 4 is 83.4 Å². The number of benzene rings is 7. The van der Waals surface area contributed by atoms with Gasteiger partial charge in [0.2, 0.25) is 0 Å². The summed E-state index contributed by atoms with van der Waals surface area (Å²) in [4.78, 5) is 2.44. The molecule has 2 nitrogen and oxygen atoms in total. The van der Waals surface area contributed by atoms with Gasteiger partial charge in [-0.2, -0.15) is 0 Å².